The van der Waals surface area contributed by atoms with Crippen molar-refractivity contribution in [3.63, 3.8) is 0 Å². The Hall–Kier alpha value is -6.32. The highest BCUT2D eigenvalue weighted by Gasteiger charge is 2.46. The van der Waals surface area contributed by atoms with E-state index in [0.29, 0.717) is 0 Å². The number of rotatable bonds is 4. The van der Waals surface area contributed by atoms with Gasteiger partial charge in [-0.1, -0.05) is 146 Å². The molecule has 0 saturated carbocycles. The van der Waals surface area contributed by atoms with Crippen LogP contribution >= 0.6 is 0 Å². The Balaban J connectivity index is 1.37. The van der Waals surface area contributed by atoms with E-state index in [-0.39, 0.29) is 0 Å². The molecule has 0 radical (unpaired) electrons. The Bertz CT molecular complexity index is 2620. The van der Waals surface area contributed by atoms with Crippen molar-refractivity contribution in [1.29, 1.82) is 0 Å². The van der Waals surface area contributed by atoms with Crippen LogP contribution in [-0.4, -0.2) is 14.5 Å². The monoisotopic (exact) mass is 611 g/mol. The van der Waals surface area contributed by atoms with Gasteiger partial charge in [-0.05, 0) is 63.7 Å². The summed E-state index contributed by atoms with van der Waals surface area (Å²) in [4.78, 5) is 10.6. The van der Waals surface area contributed by atoms with Crippen molar-refractivity contribution in [3.8, 4) is 28.2 Å². The maximum absolute atomic E-state index is 5.36. The first kappa shape index (κ1) is 26.9. The van der Waals surface area contributed by atoms with E-state index in [1.54, 1.807) is 0 Å². The van der Waals surface area contributed by atoms with Crippen LogP contribution in [0.4, 0.5) is 0 Å². The average molecular weight is 612 g/mol. The van der Waals surface area contributed by atoms with Crippen molar-refractivity contribution in [2.75, 3.05) is 0 Å². The molecule has 1 aliphatic carbocycles. The fourth-order valence-electron chi connectivity index (χ4n) is 8.07. The number of aromatic nitrogens is 3. The number of hydrogen-bond donors (Lipinski definition) is 0. The Kier molecular flexibility index (Phi) is 5.79. The van der Waals surface area contributed by atoms with Crippen LogP contribution in [0.25, 0.3) is 61.0 Å². The summed E-state index contributed by atoms with van der Waals surface area (Å²) in [7, 11) is 0. The Morgan fingerprint density at radius 1 is 0.417 bits per heavy atom. The maximum atomic E-state index is 5.36. The lowest BCUT2D eigenvalue weighted by molar-refractivity contribution is 0.769. The first-order valence-corrected chi connectivity index (χ1v) is 16.4. The number of para-hydroxylation sites is 3. The van der Waals surface area contributed by atoms with Crippen molar-refractivity contribution >= 4 is 32.8 Å². The van der Waals surface area contributed by atoms with Gasteiger partial charge in [0, 0.05) is 16.3 Å². The summed E-state index contributed by atoms with van der Waals surface area (Å²) in [5, 5.41) is 2.39. The second-order valence-electron chi connectivity index (χ2n) is 12.5. The number of nitrogens with zero attached hydrogens (tertiary/aromatic N) is 3. The molecule has 7 aromatic carbocycles. The van der Waals surface area contributed by atoms with Crippen molar-refractivity contribution in [2.45, 2.75) is 5.41 Å². The summed E-state index contributed by atoms with van der Waals surface area (Å²) < 4.78 is 2.33. The molecule has 0 aliphatic heterocycles. The molecular weight excluding hydrogens is 583 g/mol. The maximum Gasteiger partial charge on any atom is 0.165 e. The Morgan fingerprint density at radius 3 is 1.73 bits per heavy atom. The second kappa shape index (κ2) is 10.3. The van der Waals surface area contributed by atoms with Gasteiger partial charge in [-0.3, -0.25) is 4.57 Å². The van der Waals surface area contributed by atoms with Gasteiger partial charge in [-0.15, -0.1) is 0 Å². The van der Waals surface area contributed by atoms with E-state index in [2.05, 4.69) is 156 Å². The van der Waals surface area contributed by atoms with Gasteiger partial charge in [-0.25, -0.2) is 9.97 Å². The van der Waals surface area contributed by atoms with E-state index in [1.807, 2.05) is 24.3 Å². The van der Waals surface area contributed by atoms with E-state index in [4.69, 9.17) is 9.97 Å². The van der Waals surface area contributed by atoms with E-state index in [0.717, 1.165) is 39.1 Å². The van der Waals surface area contributed by atoms with Crippen LogP contribution in [0.2, 0.25) is 0 Å². The predicted octanol–water partition coefficient (Wildman–Crippen LogP) is 10.8. The molecule has 9 aromatic rings. The molecule has 0 amide bonds. The largest absolute Gasteiger partial charge is 0.292 e. The van der Waals surface area contributed by atoms with Crippen LogP contribution in [0.15, 0.2) is 176 Å². The third-order valence-corrected chi connectivity index (χ3v) is 10.1. The van der Waals surface area contributed by atoms with Crippen LogP contribution in [0.3, 0.4) is 0 Å². The molecule has 0 N–H and O–H groups in total. The highest BCUT2D eigenvalue weighted by Crippen LogP contribution is 2.57. The molecule has 224 valence electrons. The van der Waals surface area contributed by atoms with Crippen molar-refractivity contribution in [2.24, 2.45) is 0 Å². The lowest BCUT2D eigenvalue weighted by atomic mass is 9.67. The third kappa shape index (κ3) is 3.70. The molecule has 1 aliphatic rings. The zero-order valence-corrected chi connectivity index (χ0v) is 26.1. The SMILES string of the molecule is c1ccc(-c2nc3ccccc3nc2-n2c3ccccc3c3cc4c(cc32)-c2ccccc2C4(c2ccccc2)c2ccccc2)cc1. The summed E-state index contributed by atoms with van der Waals surface area (Å²) in [6.45, 7) is 0. The van der Waals surface area contributed by atoms with E-state index in [9.17, 15) is 0 Å². The summed E-state index contributed by atoms with van der Waals surface area (Å²) in [5.74, 6) is 0.828. The summed E-state index contributed by atoms with van der Waals surface area (Å²) in [6.07, 6.45) is 0. The van der Waals surface area contributed by atoms with Gasteiger partial charge in [0.1, 0.15) is 5.69 Å². The van der Waals surface area contributed by atoms with Gasteiger partial charge in [0.25, 0.3) is 0 Å². The second-order valence-corrected chi connectivity index (χ2v) is 12.5. The van der Waals surface area contributed by atoms with Gasteiger partial charge < -0.3 is 0 Å². The Morgan fingerprint density at radius 2 is 1.00 bits per heavy atom. The molecule has 0 fully saturated rings. The van der Waals surface area contributed by atoms with Crippen molar-refractivity contribution in [3.05, 3.63) is 198 Å². The van der Waals surface area contributed by atoms with Gasteiger partial charge >= 0.3 is 0 Å². The lowest BCUT2D eigenvalue weighted by Gasteiger charge is -2.33. The van der Waals surface area contributed by atoms with E-state index in [1.165, 1.54) is 44.2 Å². The molecule has 48 heavy (non-hydrogen) atoms. The molecule has 2 aromatic heterocycles. The molecule has 0 atom stereocenters. The first-order valence-electron chi connectivity index (χ1n) is 16.4. The van der Waals surface area contributed by atoms with Crippen LogP contribution in [0.1, 0.15) is 22.3 Å². The minimum Gasteiger partial charge on any atom is -0.292 e. The smallest absolute Gasteiger partial charge is 0.165 e. The number of hydrogen-bond acceptors (Lipinski definition) is 2. The van der Waals surface area contributed by atoms with Crippen LogP contribution in [-0.2, 0) is 5.41 Å². The summed E-state index contributed by atoms with van der Waals surface area (Å²) in [6, 6.07) is 63.1. The van der Waals surface area contributed by atoms with E-state index >= 15 is 0 Å². The number of fused-ring (bicyclic) bond motifs is 7. The van der Waals surface area contributed by atoms with Gasteiger partial charge in [-0.2, -0.15) is 0 Å². The molecule has 2 heterocycles. The highest BCUT2D eigenvalue weighted by atomic mass is 15.1. The fourth-order valence-corrected chi connectivity index (χ4v) is 8.07. The molecule has 0 spiro atoms. The zero-order chi connectivity index (χ0) is 31.7. The quantitative estimate of drug-likeness (QED) is 0.198. The summed E-state index contributed by atoms with van der Waals surface area (Å²) in [5.41, 5.74) is 13.0. The molecule has 3 nitrogen and oxygen atoms in total. The Labute approximate surface area is 278 Å². The third-order valence-electron chi connectivity index (χ3n) is 10.1. The zero-order valence-electron chi connectivity index (χ0n) is 26.1. The topological polar surface area (TPSA) is 30.7 Å². The van der Waals surface area contributed by atoms with E-state index < -0.39 is 5.41 Å². The normalized spacial score (nSPS) is 13.2. The first-order chi connectivity index (χ1) is 23.8. The molecule has 0 bridgehead atoms. The fraction of sp³-hybridized carbons (Fsp3) is 0.0222. The lowest BCUT2D eigenvalue weighted by Crippen LogP contribution is -2.28. The van der Waals surface area contributed by atoms with Crippen molar-refractivity contribution < 1.29 is 0 Å². The molecular formula is C45H29N3. The van der Waals surface area contributed by atoms with Crippen molar-refractivity contribution in [1.82, 2.24) is 14.5 Å². The van der Waals surface area contributed by atoms with Gasteiger partial charge in [0.15, 0.2) is 5.82 Å². The minimum atomic E-state index is -0.468. The standard InChI is InChI=1S/C45H29N3/c1-4-16-30(17-5-1)43-44(47-40-26-14-13-25-39(40)46-43)48-41-27-15-11-23-34(41)36-28-38-35(29-42(36)48)33-22-10-12-24-37(33)45(38,31-18-6-2-7-19-31)32-20-8-3-9-21-32/h1-29H. The van der Waals surface area contributed by atoms with Gasteiger partial charge in [0.05, 0.1) is 27.5 Å². The molecule has 0 saturated heterocycles. The summed E-state index contributed by atoms with van der Waals surface area (Å²) >= 11 is 0. The molecule has 0 unspecified atom stereocenters. The molecule has 3 heteroatoms. The van der Waals surface area contributed by atoms with Crippen LogP contribution in [0.5, 0.6) is 0 Å². The number of benzene rings is 7. The average Bonchev–Trinajstić information content (AvgIpc) is 3.64. The molecule has 10 rings (SSSR count). The van der Waals surface area contributed by atoms with Gasteiger partial charge in [0.2, 0.25) is 0 Å². The minimum absolute atomic E-state index is 0.468. The highest BCUT2D eigenvalue weighted by molar-refractivity contribution is 6.12. The van der Waals surface area contributed by atoms with Crippen LogP contribution in [0, 0.1) is 0 Å². The predicted molar refractivity (Wildman–Crippen MR) is 197 cm³/mol. The van der Waals surface area contributed by atoms with Crippen LogP contribution < -0.4 is 0 Å².